The number of hydrogen-bond acceptors (Lipinski definition) is 3. The lowest BCUT2D eigenvalue weighted by atomic mass is 10.0. The number of nitrogens with two attached hydrogens (primary N) is 1. The molecule has 0 aromatic carbocycles. The van der Waals surface area contributed by atoms with Gasteiger partial charge in [-0.1, -0.05) is 13.3 Å². The predicted octanol–water partition coefficient (Wildman–Crippen LogP) is 2.24. The van der Waals surface area contributed by atoms with Crippen molar-refractivity contribution in [1.29, 1.82) is 0 Å². The van der Waals surface area contributed by atoms with Crippen LogP contribution in [0.15, 0.2) is 0 Å². The van der Waals surface area contributed by atoms with Crippen LogP contribution in [0.3, 0.4) is 0 Å². The summed E-state index contributed by atoms with van der Waals surface area (Å²) in [6.45, 7) is 7.83. The fraction of sp³-hybridized carbons (Fsp3) is 0.909. The Balaban J connectivity index is 3.65. The highest BCUT2D eigenvalue weighted by Crippen LogP contribution is 2.09. The Kier molecular flexibility index (Phi) is 5.77. The van der Waals surface area contributed by atoms with Gasteiger partial charge in [0.2, 0.25) is 0 Å². The maximum atomic E-state index is 11.3. The summed E-state index contributed by atoms with van der Waals surface area (Å²) < 4.78 is 5.19. The van der Waals surface area contributed by atoms with Gasteiger partial charge in [-0.15, -0.1) is 0 Å². The maximum absolute atomic E-state index is 11.3. The molecule has 0 rings (SSSR count). The third-order valence-electron chi connectivity index (χ3n) is 2.00. The number of rotatable bonds is 6. The lowest BCUT2D eigenvalue weighted by molar-refractivity contribution is -0.148. The molecular weight excluding hydrogens is 178 g/mol. The highest BCUT2D eigenvalue weighted by atomic mass is 16.5. The van der Waals surface area contributed by atoms with E-state index >= 15 is 0 Å². The molecule has 0 aromatic rings. The van der Waals surface area contributed by atoms with Crippen LogP contribution in [0.2, 0.25) is 0 Å². The van der Waals surface area contributed by atoms with E-state index in [1.165, 1.54) is 0 Å². The van der Waals surface area contributed by atoms with E-state index in [2.05, 4.69) is 6.92 Å². The Bertz CT molecular complexity index is 173. The van der Waals surface area contributed by atoms with Gasteiger partial charge in [-0.3, -0.25) is 4.79 Å². The molecule has 0 aromatic heterocycles. The third-order valence-corrected chi connectivity index (χ3v) is 2.00. The molecule has 3 heteroatoms. The SMILES string of the molecule is CCCC(C)OC(=O)CCC(C)(C)N. The van der Waals surface area contributed by atoms with E-state index in [0.717, 1.165) is 12.8 Å². The second-order valence-electron chi connectivity index (χ2n) is 4.58. The summed E-state index contributed by atoms with van der Waals surface area (Å²) in [5.41, 5.74) is 5.48. The van der Waals surface area contributed by atoms with E-state index in [1.54, 1.807) is 0 Å². The van der Waals surface area contributed by atoms with Crippen molar-refractivity contribution in [3.63, 3.8) is 0 Å². The van der Waals surface area contributed by atoms with E-state index < -0.39 is 0 Å². The maximum Gasteiger partial charge on any atom is 0.306 e. The van der Waals surface area contributed by atoms with E-state index in [4.69, 9.17) is 10.5 Å². The summed E-state index contributed by atoms with van der Waals surface area (Å²) >= 11 is 0. The average molecular weight is 201 g/mol. The first-order valence-electron chi connectivity index (χ1n) is 5.33. The van der Waals surface area contributed by atoms with Crippen molar-refractivity contribution < 1.29 is 9.53 Å². The van der Waals surface area contributed by atoms with Crippen LogP contribution in [0, 0.1) is 0 Å². The Hall–Kier alpha value is -0.570. The van der Waals surface area contributed by atoms with Crippen LogP contribution in [0.4, 0.5) is 0 Å². The molecule has 1 atom stereocenters. The molecule has 0 aliphatic heterocycles. The average Bonchev–Trinajstić information content (AvgIpc) is 2.00. The lowest BCUT2D eigenvalue weighted by Gasteiger charge is -2.18. The molecule has 0 fully saturated rings. The minimum absolute atomic E-state index is 0.0355. The first-order valence-corrected chi connectivity index (χ1v) is 5.33. The normalized spacial score (nSPS) is 13.8. The molecular formula is C11H23NO2. The molecule has 0 radical (unpaired) electrons. The standard InChI is InChI=1S/C11H23NO2/c1-5-6-9(2)14-10(13)7-8-11(3,4)12/h9H,5-8,12H2,1-4H3. The van der Waals surface area contributed by atoms with Gasteiger partial charge in [0.1, 0.15) is 0 Å². The van der Waals surface area contributed by atoms with Crippen molar-refractivity contribution in [1.82, 2.24) is 0 Å². The fourth-order valence-electron chi connectivity index (χ4n) is 1.17. The summed E-state index contributed by atoms with van der Waals surface area (Å²) in [6.07, 6.45) is 3.09. The molecule has 0 saturated heterocycles. The first-order chi connectivity index (χ1) is 6.35. The zero-order valence-electron chi connectivity index (χ0n) is 9.80. The number of esters is 1. The molecule has 0 saturated carbocycles. The molecule has 14 heavy (non-hydrogen) atoms. The molecule has 0 bridgehead atoms. The van der Waals surface area contributed by atoms with Crippen LogP contribution in [0.1, 0.15) is 53.4 Å². The van der Waals surface area contributed by atoms with Crippen molar-refractivity contribution in [2.24, 2.45) is 5.73 Å². The number of hydrogen-bond donors (Lipinski definition) is 1. The molecule has 0 aliphatic carbocycles. The molecule has 0 spiro atoms. The van der Waals surface area contributed by atoms with Crippen molar-refractivity contribution in [2.75, 3.05) is 0 Å². The van der Waals surface area contributed by atoms with Gasteiger partial charge < -0.3 is 10.5 Å². The summed E-state index contributed by atoms with van der Waals surface area (Å²) in [4.78, 5) is 11.3. The third kappa shape index (κ3) is 8.05. The van der Waals surface area contributed by atoms with Gasteiger partial charge in [-0.2, -0.15) is 0 Å². The minimum atomic E-state index is -0.285. The topological polar surface area (TPSA) is 52.3 Å². The fourth-order valence-corrected chi connectivity index (χ4v) is 1.17. The smallest absolute Gasteiger partial charge is 0.306 e. The van der Waals surface area contributed by atoms with Gasteiger partial charge in [-0.05, 0) is 33.6 Å². The number of carbonyl (C=O) groups excluding carboxylic acids is 1. The van der Waals surface area contributed by atoms with Gasteiger partial charge in [-0.25, -0.2) is 0 Å². The molecule has 84 valence electrons. The Morgan fingerprint density at radius 3 is 2.50 bits per heavy atom. The summed E-state index contributed by atoms with van der Waals surface area (Å²) in [5, 5.41) is 0. The minimum Gasteiger partial charge on any atom is -0.463 e. The largest absolute Gasteiger partial charge is 0.463 e. The van der Waals surface area contributed by atoms with E-state index in [-0.39, 0.29) is 17.6 Å². The van der Waals surface area contributed by atoms with Crippen LogP contribution in [0.25, 0.3) is 0 Å². The monoisotopic (exact) mass is 201 g/mol. The summed E-state index contributed by atoms with van der Waals surface area (Å²) in [6, 6.07) is 0. The van der Waals surface area contributed by atoms with Crippen LogP contribution in [-0.4, -0.2) is 17.6 Å². The lowest BCUT2D eigenvalue weighted by Crippen LogP contribution is -2.32. The van der Waals surface area contributed by atoms with Crippen LogP contribution >= 0.6 is 0 Å². The predicted molar refractivity (Wildman–Crippen MR) is 58.0 cm³/mol. The Morgan fingerprint density at radius 1 is 1.50 bits per heavy atom. The molecule has 0 amide bonds. The number of ether oxygens (including phenoxy) is 1. The quantitative estimate of drug-likeness (QED) is 0.670. The molecule has 2 N–H and O–H groups in total. The van der Waals surface area contributed by atoms with Crippen molar-refractivity contribution in [2.45, 2.75) is 65.0 Å². The van der Waals surface area contributed by atoms with Crippen molar-refractivity contribution in [3.05, 3.63) is 0 Å². The van der Waals surface area contributed by atoms with Gasteiger partial charge in [0, 0.05) is 12.0 Å². The molecule has 0 heterocycles. The van der Waals surface area contributed by atoms with Gasteiger partial charge in [0.05, 0.1) is 6.10 Å². The van der Waals surface area contributed by atoms with Crippen LogP contribution in [-0.2, 0) is 9.53 Å². The zero-order chi connectivity index (χ0) is 11.2. The van der Waals surface area contributed by atoms with Crippen LogP contribution < -0.4 is 5.73 Å². The second kappa shape index (κ2) is 6.02. The Morgan fingerprint density at radius 2 is 2.07 bits per heavy atom. The first kappa shape index (κ1) is 13.4. The van der Waals surface area contributed by atoms with Crippen molar-refractivity contribution in [3.8, 4) is 0 Å². The molecule has 1 unspecified atom stereocenters. The zero-order valence-corrected chi connectivity index (χ0v) is 9.80. The van der Waals surface area contributed by atoms with Gasteiger partial charge in [0.25, 0.3) is 0 Å². The molecule has 0 aliphatic rings. The Labute approximate surface area is 87.0 Å². The van der Waals surface area contributed by atoms with E-state index in [0.29, 0.717) is 12.8 Å². The highest BCUT2D eigenvalue weighted by molar-refractivity contribution is 5.69. The van der Waals surface area contributed by atoms with E-state index in [1.807, 2.05) is 20.8 Å². The number of carbonyl (C=O) groups is 1. The second-order valence-corrected chi connectivity index (χ2v) is 4.58. The highest BCUT2D eigenvalue weighted by Gasteiger charge is 2.15. The summed E-state index contributed by atoms with van der Waals surface area (Å²) in [5.74, 6) is -0.135. The van der Waals surface area contributed by atoms with Crippen LogP contribution in [0.5, 0.6) is 0 Å². The summed E-state index contributed by atoms with van der Waals surface area (Å²) in [7, 11) is 0. The van der Waals surface area contributed by atoms with E-state index in [9.17, 15) is 4.79 Å². The van der Waals surface area contributed by atoms with Gasteiger partial charge in [0.15, 0.2) is 0 Å². The van der Waals surface area contributed by atoms with Crippen molar-refractivity contribution >= 4 is 5.97 Å². The van der Waals surface area contributed by atoms with Gasteiger partial charge >= 0.3 is 5.97 Å². The molecule has 3 nitrogen and oxygen atoms in total.